The highest BCUT2D eigenvalue weighted by Crippen LogP contribution is 2.31. The molecule has 1 N–H and O–H groups in total. The van der Waals surface area contributed by atoms with Crippen molar-refractivity contribution in [3.8, 4) is 11.3 Å². The second-order valence-electron chi connectivity index (χ2n) is 4.87. The molecule has 0 saturated heterocycles. The van der Waals surface area contributed by atoms with Gasteiger partial charge in [-0.05, 0) is 37.3 Å². The Morgan fingerprint density at radius 3 is 2.75 bits per heavy atom. The lowest BCUT2D eigenvalue weighted by molar-refractivity contribution is -0.128. The molecule has 0 aliphatic rings. The van der Waals surface area contributed by atoms with Gasteiger partial charge in [0.15, 0.2) is 6.10 Å². The number of esters is 1. The molecule has 0 spiro atoms. The van der Waals surface area contributed by atoms with Gasteiger partial charge in [0.1, 0.15) is 5.76 Å². The summed E-state index contributed by atoms with van der Waals surface area (Å²) in [4.78, 5) is 23.7. The molecule has 1 amide bonds. The highest BCUT2D eigenvalue weighted by molar-refractivity contribution is 6.36. The molecule has 5 nitrogen and oxygen atoms in total. The largest absolute Gasteiger partial charge is 0.449 e. The highest BCUT2D eigenvalue weighted by atomic mass is 35.5. The van der Waals surface area contributed by atoms with Crippen molar-refractivity contribution in [2.75, 3.05) is 6.54 Å². The van der Waals surface area contributed by atoms with Crippen molar-refractivity contribution in [2.24, 2.45) is 0 Å². The van der Waals surface area contributed by atoms with Crippen LogP contribution in [0.1, 0.15) is 17.5 Å². The molecule has 0 saturated carbocycles. The molecular formula is C17H15Cl2NO4. The van der Waals surface area contributed by atoms with E-state index in [1.54, 1.807) is 24.3 Å². The number of benzene rings is 1. The Bertz CT molecular complexity index is 770. The molecule has 24 heavy (non-hydrogen) atoms. The van der Waals surface area contributed by atoms with Gasteiger partial charge in [0, 0.05) is 17.1 Å². The molecule has 7 heteroatoms. The second kappa shape index (κ2) is 8.04. The topological polar surface area (TPSA) is 68.5 Å². The molecule has 0 bridgehead atoms. The summed E-state index contributed by atoms with van der Waals surface area (Å²) in [7, 11) is 0. The van der Waals surface area contributed by atoms with Gasteiger partial charge in [-0.1, -0.05) is 29.3 Å². The summed E-state index contributed by atoms with van der Waals surface area (Å²) in [5, 5.41) is 3.43. The summed E-state index contributed by atoms with van der Waals surface area (Å²) < 4.78 is 10.5. The van der Waals surface area contributed by atoms with E-state index in [1.807, 2.05) is 0 Å². The summed E-state index contributed by atoms with van der Waals surface area (Å²) in [5.74, 6) is -0.796. The first-order chi connectivity index (χ1) is 11.4. The molecule has 1 atom stereocenters. The van der Waals surface area contributed by atoms with E-state index in [4.69, 9.17) is 32.4 Å². The third kappa shape index (κ3) is 4.40. The van der Waals surface area contributed by atoms with Crippen LogP contribution in [0.3, 0.4) is 0 Å². The van der Waals surface area contributed by atoms with Crippen LogP contribution >= 0.6 is 23.2 Å². The second-order valence-corrected chi connectivity index (χ2v) is 5.71. The lowest BCUT2D eigenvalue weighted by Crippen LogP contribution is -2.35. The minimum atomic E-state index is -0.954. The Morgan fingerprint density at radius 1 is 1.33 bits per heavy atom. The summed E-state index contributed by atoms with van der Waals surface area (Å²) >= 11 is 12.0. The predicted octanol–water partition coefficient (Wildman–Crippen LogP) is 4.10. The number of ether oxygens (including phenoxy) is 1. The average molecular weight is 368 g/mol. The van der Waals surface area contributed by atoms with Crippen molar-refractivity contribution < 1.29 is 18.7 Å². The van der Waals surface area contributed by atoms with E-state index in [9.17, 15) is 9.59 Å². The Balaban J connectivity index is 2.08. The Kier molecular flexibility index (Phi) is 6.06. The van der Waals surface area contributed by atoms with Crippen LogP contribution in [-0.2, 0) is 9.53 Å². The molecule has 0 fully saturated rings. The fraction of sp³-hybridized carbons (Fsp3) is 0.176. The maximum Gasteiger partial charge on any atom is 0.375 e. The number of furan rings is 1. The summed E-state index contributed by atoms with van der Waals surface area (Å²) in [6.07, 6.45) is 0.575. The fourth-order valence-electron chi connectivity index (χ4n) is 1.87. The van der Waals surface area contributed by atoms with Crippen LogP contribution in [0.15, 0.2) is 47.4 Å². The van der Waals surface area contributed by atoms with Gasteiger partial charge in [0.25, 0.3) is 5.91 Å². The molecule has 126 valence electrons. The van der Waals surface area contributed by atoms with Crippen molar-refractivity contribution >= 4 is 35.1 Å². The molecule has 0 aliphatic carbocycles. The van der Waals surface area contributed by atoms with E-state index in [1.165, 1.54) is 19.1 Å². The number of nitrogens with one attached hydrogen (secondary N) is 1. The standard InChI is InChI=1S/C17H15Cl2NO4/c1-3-8-20-16(21)10(2)23-17(22)15-7-6-14(24-15)12-5-4-11(18)9-13(12)19/h3-7,9-10H,1,8H2,2H3,(H,20,21)/t10-/m1/s1. The van der Waals surface area contributed by atoms with Crippen molar-refractivity contribution in [3.63, 3.8) is 0 Å². The maximum atomic E-state index is 12.0. The SMILES string of the molecule is C=CCNC(=O)[C@@H](C)OC(=O)c1ccc(-c2ccc(Cl)cc2Cl)o1. The van der Waals surface area contributed by atoms with E-state index in [0.717, 1.165) is 0 Å². The molecule has 1 heterocycles. The first-order valence-corrected chi connectivity index (χ1v) is 7.83. The first-order valence-electron chi connectivity index (χ1n) is 7.07. The zero-order valence-corrected chi connectivity index (χ0v) is 14.4. The normalized spacial score (nSPS) is 11.6. The van der Waals surface area contributed by atoms with Gasteiger partial charge in [-0.15, -0.1) is 6.58 Å². The number of carbonyl (C=O) groups excluding carboxylic acids is 2. The molecular weight excluding hydrogens is 353 g/mol. The van der Waals surface area contributed by atoms with Crippen LogP contribution in [0.2, 0.25) is 10.0 Å². The van der Waals surface area contributed by atoms with Crippen LogP contribution in [0, 0.1) is 0 Å². The van der Waals surface area contributed by atoms with Crippen LogP contribution in [0.4, 0.5) is 0 Å². The molecule has 1 aromatic carbocycles. The van der Waals surface area contributed by atoms with E-state index in [0.29, 0.717) is 27.9 Å². The number of amides is 1. The molecule has 0 aliphatic heterocycles. The average Bonchev–Trinajstić information content (AvgIpc) is 3.02. The van der Waals surface area contributed by atoms with E-state index >= 15 is 0 Å². The summed E-state index contributed by atoms with van der Waals surface area (Å²) in [5.41, 5.74) is 0.594. The summed E-state index contributed by atoms with van der Waals surface area (Å²) in [6.45, 7) is 5.25. The van der Waals surface area contributed by atoms with Crippen molar-refractivity contribution in [3.05, 3.63) is 58.8 Å². The van der Waals surface area contributed by atoms with E-state index in [2.05, 4.69) is 11.9 Å². The van der Waals surface area contributed by atoms with Gasteiger partial charge in [0.2, 0.25) is 5.76 Å². The highest BCUT2D eigenvalue weighted by Gasteiger charge is 2.21. The van der Waals surface area contributed by atoms with Crippen molar-refractivity contribution in [2.45, 2.75) is 13.0 Å². The molecule has 2 rings (SSSR count). The van der Waals surface area contributed by atoms with Crippen LogP contribution in [0.5, 0.6) is 0 Å². The lowest BCUT2D eigenvalue weighted by atomic mass is 10.2. The quantitative estimate of drug-likeness (QED) is 0.616. The zero-order valence-electron chi connectivity index (χ0n) is 12.8. The number of carbonyl (C=O) groups is 2. The monoisotopic (exact) mass is 367 g/mol. The maximum absolute atomic E-state index is 12.0. The van der Waals surface area contributed by atoms with E-state index < -0.39 is 18.0 Å². The van der Waals surface area contributed by atoms with Crippen molar-refractivity contribution in [1.82, 2.24) is 5.32 Å². The van der Waals surface area contributed by atoms with Gasteiger partial charge < -0.3 is 14.5 Å². The first kappa shape index (κ1) is 18.1. The fourth-order valence-corrected chi connectivity index (χ4v) is 2.37. The van der Waals surface area contributed by atoms with Gasteiger partial charge in [-0.25, -0.2) is 4.79 Å². The number of halogens is 2. The van der Waals surface area contributed by atoms with Gasteiger partial charge in [-0.3, -0.25) is 4.79 Å². The molecule has 0 radical (unpaired) electrons. The molecule has 2 aromatic rings. The Morgan fingerprint density at radius 2 is 2.08 bits per heavy atom. The van der Waals surface area contributed by atoms with Gasteiger partial charge in [-0.2, -0.15) is 0 Å². The predicted molar refractivity (Wildman–Crippen MR) is 92.2 cm³/mol. The minimum Gasteiger partial charge on any atom is -0.449 e. The Labute approximate surface area is 149 Å². The van der Waals surface area contributed by atoms with Crippen LogP contribution < -0.4 is 5.32 Å². The third-order valence-corrected chi connectivity index (χ3v) is 3.63. The van der Waals surface area contributed by atoms with Crippen LogP contribution in [-0.4, -0.2) is 24.5 Å². The number of hydrogen-bond donors (Lipinski definition) is 1. The number of hydrogen-bond acceptors (Lipinski definition) is 4. The zero-order chi connectivity index (χ0) is 17.7. The summed E-state index contributed by atoms with van der Waals surface area (Å²) in [6, 6.07) is 7.97. The van der Waals surface area contributed by atoms with Gasteiger partial charge in [0.05, 0.1) is 5.02 Å². The van der Waals surface area contributed by atoms with E-state index in [-0.39, 0.29) is 5.76 Å². The molecule has 0 unspecified atom stereocenters. The third-order valence-electron chi connectivity index (χ3n) is 3.08. The lowest BCUT2D eigenvalue weighted by Gasteiger charge is -2.11. The number of rotatable bonds is 6. The minimum absolute atomic E-state index is 0.0283. The Hall–Kier alpha value is -2.24. The van der Waals surface area contributed by atoms with Crippen LogP contribution in [0.25, 0.3) is 11.3 Å². The smallest absolute Gasteiger partial charge is 0.375 e. The van der Waals surface area contributed by atoms with Crippen molar-refractivity contribution in [1.29, 1.82) is 0 Å². The molecule has 1 aromatic heterocycles. The van der Waals surface area contributed by atoms with Gasteiger partial charge >= 0.3 is 5.97 Å².